The van der Waals surface area contributed by atoms with Gasteiger partial charge in [-0.15, -0.1) is 10.2 Å². The van der Waals surface area contributed by atoms with Gasteiger partial charge in [0.05, 0.1) is 7.11 Å². The van der Waals surface area contributed by atoms with Gasteiger partial charge in [0.15, 0.2) is 5.69 Å². The van der Waals surface area contributed by atoms with Crippen molar-refractivity contribution in [3.63, 3.8) is 0 Å². The summed E-state index contributed by atoms with van der Waals surface area (Å²) in [7, 11) is 1.56. The van der Waals surface area contributed by atoms with Gasteiger partial charge in [-0.05, 0) is 23.8 Å². The van der Waals surface area contributed by atoms with E-state index in [1.165, 1.54) is 12.1 Å². The summed E-state index contributed by atoms with van der Waals surface area (Å²) >= 11 is 0. The Labute approximate surface area is 115 Å². The van der Waals surface area contributed by atoms with E-state index in [1.54, 1.807) is 19.2 Å². The molecular weight excluding hydrogens is 260 g/mol. The Morgan fingerprint density at radius 1 is 1.20 bits per heavy atom. The summed E-state index contributed by atoms with van der Waals surface area (Å²) in [4.78, 5) is 10.9. The van der Waals surface area contributed by atoms with E-state index in [-0.39, 0.29) is 11.6 Å². The Balaban J connectivity index is 2.22. The first-order valence-corrected chi connectivity index (χ1v) is 5.82. The quantitative estimate of drug-likeness (QED) is 0.835. The first-order valence-electron chi connectivity index (χ1n) is 5.82. The fourth-order valence-electron chi connectivity index (χ4n) is 1.55. The van der Waals surface area contributed by atoms with Gasteiger partial charge < -0.3 is 20.9 Å². The largest absolute Gasteiger partial charge is 0.497 e. The van der Waals surface area contributed by atoms with Crippen LogP contribution in [-0.2, 0) is 6.54 Å². The number of aromatic nitrogens is 2. The second kappa shape index (κ2) is 5.98. The molecule has 0 saturated heterocycles. The van der Waals surface area contributed by atoms with Crippen LogP contribution in [0.5, 0.6) is 17.4 Å². The lowest BCUT2D eigenvalue weighted by molar-refractivity contribution is 0.0994. The molecule has 1 aromatic carbocycles. The number of ether oxygens (including phenoxy) is 2. The van der Waals surface area contributed by atoms with Crippen LogP contribution in [-0.4, -0.2) is 23.2 Å². The molecule has 2 aromatic rings. The molecule has 0 fully saturated rings. The number of nitrogens with zero attached hydrogens (tertiary/aromatic N) is 2. The number of carbonyl (C=O) groups is 1. The zero-order chi connectivity index (χ0) is 14.5. The third-order valence-corrected chi connectivity index (χ3v) is 2.53. The van der Waals surface area contributed by atoms with Crippen molar-refractivity contribution in [1.29, 1.82) is 0 Å². The van der Waals surface area contributed by atoms with Crippen LogP contribution in [0.1, 0.15) is 16.1 Å². The highest BCUT2D eigenvalue weighted by molar-refractivity contribution is 5.90. The molecule has 0 aliphatic heterocycles. The van der Waals surface area contributed by atoms with Gasteiger partial charge in [-0.3, -0.25) is 4.79 Å². The number of hydrogen-bond acceptors (Lipinski definition) is 6. The number of carbonyl (C=O) groups excluding carboxylic acids is 1. The Morgan fingerprint density at radius 2 is 1.95 bits per heavy atom. The Hall–Kier alpha value is -2.67. The molecule has 0 aliphatic rings. The smallest absolute Gasteiger partial charge is 0.269 e. The maximum Gasteiger partial charge on any atom is 0.269 e. The molecule has 0 saturated carbocycles. The van der Waals surface area contributed by atoms with Crippen molar-refractivity contribution >= 4 is 5.91 Å². The van der Waals surface area contributed by atoms with E-state index >= 15 is 0 Å². The van der Waals surface area contributed by atoms with Gasteiger partial charge in [0.2, 0.25) is 5.88 Å². The summed E-state index contributed by atoms with van der Waals surface area (Å²) in [6, 6.07) is 8.23. The van der Waals surface area contributed by atoms with E-state index in [2.05, 4.69) is 10.2 Å². The molecule has 104 valence electrons. The van der Waals surface area contributed by atoms with E-state index in [4.69, 9.17) is 20.9 Å². The standard InChI is InChI=1S/C13H14N4O3/c1-19-9-4-8(7-14)5-10(6-9)20-12-3-2-11(13(15)18)16-17-12/h2-6H,7,14H2,1H3,(H2,15,18). The topological polar surface area (TPSA) is 113 Å². The van der Waals surface area contributed by atoms with E-state index in [0.29, 0.717) is 18.0 Å². The molecule has 0 spiro atoms. The van der Waals surface area contributed by atoms with Crippen LogP contribution in [0.2, 0.25) is 0 Å². The van der Waals surface area contributed by atoms with Crippen molar-refractivity contribution < 1.29 is 14.3 Å². The molecule has 7 heteroatoms. The maximum atomic E-state index is 10.9. The van der Waals surface area contributed by atoms with Gasteiger partial charge in [0.1, 0.15) is 11.5 Å². The SMILES string of the molecule is COc1cc(CN)cc(Oc2ccc(C(N)=O)nn2)c1. The highest BCUT2D eigenvalue weighted by Gasteiger charge is 2.06. The predicted octanol–water partition coefficient (Wildman–Crippen LogP) is 0.835. The van der Waals surface area contributed by atoms with Crippen molar-refractivity contribution in [2.45, 2.75) is 6.54 Å². The Morgan fingerprint density at radius 3 is 2.50 bits per heavy atom. The number of methoxy groups -OCH3 is 1. The third-order valence-electron chi connectivity index (χ3n) is 2.53. The average Bonchev–Trinajstić information content (AvgIpc) is 2.47. The zero-order valence-electron chi connectivity index (χ0n) is 10.9. The van der Waals surface area contributed by atoms with Crippen molar-refractivity contribution in [3.05, 3.63) is 41.6 Å². The number of nitrogens with two attached hydrogens (primary N) is 2. The second-order valence-electron chi connectivity index (χ2n) is 3.94. The van der Waals surface area contributed by atoms with Crippen LogP contribution >= 0.6 is 0 Å². The van der Waals surface area contributed by atoms with Crippen molar-refractivity contribution in [3.8, 4) is 17.4 Å². The summed E-state index contributed by atoms with van der Waals surface area (Å²) < 4.78 is 10.7. The minimum Gasteiger partial charge on any atom is -0.497 e. The van der Waals surface area contributed by atoms with E-state index < -0.39 is 5.91 Å². The van der Waals surface area contributed by atoms with Crippen LogP contribution in [0.25, 0.3) is 0 Å². The fourth-order valence-corrected chi connectivity index (χ4v) is 1.55. The van der Waals surface area contributed by atoms with Gasteiger partial charge in [0.25, 0.3) is 5.91 Å². The highest BCUT2D eigenvalue weighted by atomic mass is 16.5. The average molecular weight is 274 g/mol. The van der Waals surface area contributed by atoms with Crippen LogP contribution in [0, 0.1) is 0 Å². The normalized spacial score (nSPS) is 10.1. The number of rotatable bonds is 5. The van der Waals surface area contributed by atoms with Crippen LogP contribution in [0.15, 0.2) is 30.3 Å². The number of hydrogen-bond donors (Lipinski definition) is 2. The monoisotopic (exact) mass is 274 g/mol. The molecule has 2 rings (SSSR count). The molecular formula is C13H14N4O3. The van der Waals surface area contributed by atoms with Crippen molar-refractivity contribution in [2.24, 2.45) is 11.5 Å². The lowest BCUT2D eigenvalue weighted by atomic mass is 10.2. The molecule has 0 bridgehead atoms. The number of benzene rings is 1. The summed E-state index contributed by atoms with van der Waals surface area (Å²) in [6.45, 7) is 0.361. The molecule has 1 heterocycles. The molecule has 4 N–H and O–H groups in total. The summed E-state index contributed by atoms with van der Waals surface area (Å²) in [5.74, 6) is 0.748. The third kappa shape index (κ3) is 3.21. The van der Waals surface area contributed by atoms with E-state index in [9.17, 15) is 4.79 Å². The minimum absolute atomic E-state index is 0.0747. The molecule has 0 aliphatic carbocycles. The highest BCUT2D eigenvalue weighted by Crippen LogP contribution is 2.26. The van der Waals surface area contributed by atoms with E-state index in [0.717, 1.165) is 5.56 Å². The molecule has 0 atom stereocenters. The van der Waals surface area contributed by atoms with Crippen molar-refractivity contribution in [1.82, 2.24) is 10.2 Å². The first-order chi connectivity index (χ1) is 9.62. The van der Waals surface area contributed by atoms with Crippen LogP contribution < -0.4 is 20.9 Å². The Kier molecular flexibility index (Phi) is 4.11. The molecule has 1 aromatic heterocycles. The van der Waals surface area contributed by atoms with Gasteiger partial charge >= 0.3 is 0 Å². The summed E-state index contributed by atoms with van der Waals surface area (Å²) in [5, 5.41) is 7.42. The molecule has 7 nitrogen and oxygen atoms in total. The first kappa shape index (κ1) is 13.8. The predicted molar refractivity (Wildman–Crippen MR) is 71.5 cm³/mol. The molecule has 1 amide bonds. The van der Waals surface area contributed by atoms with Gasteiger partial charge in [-0.2, -0.15) is 0 Å². The van der Waals surface area contributed by atoms with Gasteiger partial charge in [-0.1, -0.05) is 0 Å². The fraction of sp³-hybridized carbons (Fsp3) is 0.154. The lowest BCUT2D eigenvalue weighted by Gasteiger charge is -2.08. The second-order valence-corrected chi connectivity index (χ2v) is 3.94. The van der Waals surface area contributed by atoms with Gasteiger partial charge in [0, 0.05) is 18.7 Å². The van der Waals surface area contributed by atoms with Crippen LogP contribution in [0.4, 0.5) is 0 Å². The Bertz CT molecular complexity index is 591. The van der Waals surface area contributed by atoms with E-state index in [1.807, 2.05) is 6.07 Å². The lowest BCUT2D eigenvalue weighted by Crippen LogP contribution is -2.13. The minimum atomic E-state index is -0.643. The van der Waals surface area contributed by atoms with Crippen molar-refractivity contribution in [2.75, 3.05) is 7.11 Å². The maximum absolute atomic E-state index is 10.9. The number of amides is 1. The number of primary amides is 1. The van der Waals surface area contributed by atoms with Crippen LogP contribution in [0.3, 0.4) is 0 Å². The molecule has 0 radical (unpaired) electrons. The summed E-state index contributed by atoms with van der Waals surface area (Å²) in [6.07, 6.45) is 0. The molecule has 20 heavy (non-hydrogen) atoms. The molecule has 0 unspecified atom stereocenters. The van der Waals surface area contributed by atoms with Gasteiger partial charge in [-0.25, -0.2) is 0 Å². The summed E-state index contributed by atoms with van der Waals surface area (Å²) in [5.41, 5.74) is 11.6. The zero-order valence-corrected chi connectivity index (χ0v) is 10.9.